The van der Waals surface area contributed by atoms with Crippen LogP contribution in [0.25, 0.3) is 0 Å². The molecular formula is C6H12N2. The lowest BCUT2D eigenvalue weighted by molar-refractivity contribution is 0.898. The van der Waals surface area contributed by atoms with Gasteiger partial charge in [-0.25, -0.2) is 0 Å². The minimum Gasteiger partial charge on any atom is -0.385 e. The molecule has 8 heavy (non-hydrogen) atoms. The highest BCUT2D eigenvalue weighted by atomic mass is 14.9. The zero-order valence-electron chi connectivity index (χ0n) is 5.44. The number of allylic oxidation sites excluding steroid dienone is 1. The smallest absolute Gasteiger partial charge is 0.0448 e. The van der Waals surface area contributed by atoms with Crippen molar-refractivity contribution in [1.29, 1.82) is 0 Å². The van der Waals surface area contributed by atoms with E-state index in [2.05, 4.69) is 16.9 Å². The highest BCUT2D eigenvalue weighted by molar-refractivity contribution is 5.76. The van der Waals surface area contributed by atoms with E-state index in [9.17, 15) is 0 Å². The maximum absolute atomic E-state index is 3.77. The average molecular weight is 112 g/mol. The van der Waals surface area contributed by atoms with Crippen molar-refractivity contribution in [2.24, 2.45) is 4.99 Å². The fraction of sp³-hybridized carbons (Fsp3) is 0.500. The quantitative estimate of drug-likeness (QED) is 0.537. The second-order valence-corrected chi connectivity index (χ2v) is 1.44. The monoisotopic (exact) mass is 112 g/mol. The summed E-state index contributed by atoms with van der Waals surface area (Å²) in [6, 6.07) is 0. The van der Waals surface area contributed by atoms with Crippen molar-refractivity contribution in [2.75, 3.05) is 13.6 Å². The van der Waals surface area contributed by atoms with Gasteiger partial charge in [-0.15, -0.1) is 0 Å². The maximum atomic E-state index is 3.77. The molecule has 0 spiro atoms. The first-order chi connectivity index (χ1) is 3.81. The van der Waals surface area contributed by atoms with E-state index in [-0.39, 0.29) is 0 Å². The molecule has 0 heterocycles. The summed E-state index contributed by atoms with van der Waals surface area (Å²) in [6.07, 6.45) is 1.70. The van der Waals surface area contributed by atoms with Gasteiger partial charge in [0.2, 0.25) is 0 Å². The van der Waals surface area contributed by atoms with Crippen LogP contribution in [0.15, 0.2) is 17.3 Å². The van der Waals surface area contributed by atoms with Crippen LogP contribution >= 0.6 is 0 Å². The van der Waals surface area contributed by atoms with Gasteiger partial charge in [-0.05, 0) is 6.92 Å². The molecule has 0 aromatic carbocycles. The Hall–Kier alpha value is -0.790. The Bertz CT molecular complexity index is 94.7. The minimum absolute atomic E-state index is 0.870. The van der Waals surface area contributed by atoms with Crippen molar-refractivity contribution in [1.82, 2.24) is 5.32 Å². The lowest BCUT2D eigenvalue weighted by Gasteiger charge is -1.97. The van der Waals surface area contributed by atoms with E-state index in [1.54, 1.807) is 13.3 Å². The molecule has 2 heteroatoms. The van der Waals surface area contributed by atoms with Gasteiger partial charge in [0.25, 0.3) is 0 Å². The van der Waals surface area contributed by atoms with E-state index >= 15 is 0 Å². The van der Waals surface area contributed by atoms with E-state index in [1.807, 2.05) is 6.92 Å². The fourth-order valence-electron chi connectivity index (χ4n) is 0.429. The average Bonchev–Trinajstić information content (AvgIpc) is 1.68. The SMILES string of the molecule is C=C(C=NC)NCC. The number of rotatable bonds is 3. The Morgan fingerprint density at radius 2 is 2.50 bits per heavy atom. The van der Waals surface area contributed by atoms with Gasteiger partial charge in [0, 0.05) is 25.5 Å². The van der Waals surface area contributed by atoms with Gasteiger partial charge in [-0.3, -0.25) is 4.99 Å². The van der Waals surface area contributed by atoms with Crippen molar-refractivity contribution >= 4 is 6.21 Å². The molecule has 0 fully saturated rings. The zero-order valence-corrected chi connectivity index (χ0v) is 5.44. The molecular weight excluding hydrogens is 100 g/mol. The second-order valence-electron chi connectivity index (χ2n) is 1.44. The largest absolute Gasteiger partial charge is 0.385 e. The van der Waals surface area contributed by atoms with E-state index in [4.69, 9.17) is 0 Å². The Morgan fingerprint density at radius 3 is 2.88 bits per heavy atom. The molecule has 0 aliphatic rings. The summed E-state index contributed by atoms with van der Waals surface area (Å²) >= 11 is 0. The van der Waals surface area contributed by atoms with Crippen LogP contribution in [0.4, 0.5) is 0 Å². The molecule has 2 nitrogen and oxygen atoms in total. The standard InChI is InChI=1S/C6H12N2/c1-4-8-6(2)5-7-3/h5,8H,2,4H2,1,3H3. The third-order valence-electron chi connectivity index (χ3n) is 0.689. The number of hydrogen-bond acceptors (Lipinski definition) is 2. The molecule has 0 aliphatic heterocycles. The summed E-state index contributed by atoms with van der Waals surface area (Å²) in [7, 11) is 1.72. The number of nitrogens with zero attached hydrogens (tertiary/aromatic N) is 1. The first-order valence-electron chi connectivity index (χ1n) is 2.66. The van der Waals surface area contributed by atoms with Gasteiger partial charge in [0.05, 0.1) is 0 Å². The van der Waals surface area contributed by atoms with E-state index in [0.717, 1.165) is 12.2 Å². The van der Waals surface area contributed by atoms with Crippen molar-refractivity contribution in [2.45, 2.75) is 6.92 Å². The summed E-state index contributed by atoms with van der Waals surface area (Å²) in [5.74, 6) is 0. The summed E-state index contributed by atoms with van der Waals surface area (Å²) in [6.45, 7) is 6.60. The van der Waals surface area contributed by atoms with Crippen LogP contribution in [0.2, 0.25) is 0 Å². The lowest BCUT2D eigenvalue weighted by Crippen LogP contribution is -2.11. The molecule has 0 rings (SSSR count). The summed E-state index contributed by atoms with van der Waals surface area (Å²) in [4.78, 5) is 3.77. The predicted octanol–water partition coefficient (Wildman–Crippen LogP) is 0.810. The van der Waals surface area contributed by atoms with Crippen LogP contribution in [0.1, 0.15) is 6.92 Å². The minimum atomic E-state index is 0.870. The van der Waals surface area contributed by atoms with Crippen molar-refractivity contribution in [3.8, 4) is 0 Å². The topological polar surface area (TPSA) is 24.4 Å². The molecule has 1 N–H and O–H groups in total. The van der Waals surface area contributed by atoms with Crippen molar-refractivity contribution in [3.63, 3.8) is 0 Å². The Kier molecular flexibility index (Phi) is 3.94. The number of hydrogen-bond donors (Lipinski definition) is 1. The summed E-state index contributed by atoms with van der Waals surface area (Å²) in [5, 5.41) is 3.00. The summed E-state index contributed by atoms with van der Waals surface area (Å²) in [5.41, 5.74) is 0.870. The van der Waals surface area contributed by atoms with Crippen LogP contribution in [0, 0.1) is 0 Å². The number of aliphatic imine (C=N–C) groups is 1. The Labute approximate surface area is 50.3 Å². The molecule has 0 aliphatic carbocycles. The van der Waals surface area contributed by atoms with Gasteiger partial charge in [0.1, 0.15) is 0 Å². The third-order valence-corrected chi connectivity index (χ3v) is 0.689. The molecule has 46 valence electrons. The molecule has 0 radical (unpaired) electrons. The molecule has 0 bridgehead atoms. The molecule has 0 amide bonds. The molecule has 0 aromatic rings. The second kappa shape index (κ2) is 4.37. The van der Waals surface area contributed by atoms with E-state index < -0.39 is 0 Å². The van der Waals surface area contributed by atoms with E-state index in [0.29, 0.717) is 0 Å². The fourth-order valence-corrected chi connectivity index (χ4v) is 0.429. The molecule has 0 aromatic heterocycles. The summed E-state index contributed by atoms with van der Waals surface area (Å²) < 4.78 is 0. The Balaban J connectivity index is 3.33. The van der Waals surface area contributed by atoms with Crippen molar-refractivity contribution in [3.05, 3.63) is 12.3 Å². The zero-order chi connectivity index (χ0) is 6.41. The first kappa shape index (κ1) is 7.21. The maximum Gasteiger partial charge on any atom is 0.0448 e. The Morgan fingerprint density at radius 1 is 1.88 bits per heavy atom. The first-order valence-corrected chi connectivity index (χ1v) is 2.66. The number of nitrogens with one attached hydrogen (secondary N) is 1. The van der Waals surface area contributed by atoms with Crippen LogP contribution in [0.3, 0.4) is 0 Å². The molecule has 0 saturated heterocycles. The van der Waals surface area contributed by atoms with Gasteiger partial charge in [0.15, 0.2) is 0 Å². The van der Waals surface area contributed by atoms with E-state index in [1.165, 1.54) is 0 Å². The molecule has 0 unspecified atom stereocenters. The van der Waals surface area contributed by atoms with Crippen LogP contribution in [0.5, 0.6) is 0 Å². The highest BCUT2D eigenvalue weighted by Gasteiger charge is 1.78. The van der Waals surface area contributed by atoms with Gasteiger partial charge < -0.3 is 5.32 Å². The van der Waals surface area contributed by atoms with Crippen LogP contribution < -0.4 is 5.32 Å². The van der Waals surface area contributed by atoms with Gasteiger partial charge >= 0.3 is 0 Å². The molecule has 0 atom stereocenters. The van der Waals surface area contributed by atoms with Gasteiger partial charge in [-0.2, -0.15) is 0 Å². The van der Waals surface area contributed by atoms with Crippen LogP contribution in [-0.4, -0.2) is 19.8 Å². The third kappa shape index (κ3) is 3.40. The molecule has 0 saturated carbocycles. The normalized spacial score (nSPS) is 9.75. The lowest BCUT2D eigenvalue weighted by atomic mass is 10.5. The van der Waals surface area contributed by atoms with Crippen LogP contribution in [-0.2, 0) is 0 Å². The highest BCUT2D eigenvalue weighted by Crippen LogP contribution is 1.73. The van der Waals surface area contributed by atoms with Crippen molar-refractivity contribution < 1.29 is 0 Å². The predicted molar refractivity (Wildman–Crippen MR) is 37.2 cm³/mol. The van der Waals surface area contributed by atoms with Gasteiger partial charge in [-0.1, -0.05) is 6.58 Å².